The molecule has 1 unspecified atom stereocenters. The molecular formula is C16H16N4O. The summed E-state index contributed by atoms with van der Waals surface area (Å²) in [6.45, 7) is 0. The van der Waals surface area contributed by atoms with Gasteiger partial charge in [-0.1, -0.05) is 36.4 Å². The summed E-state index contributed by atoms with van der Waals surface area (Å²) >= 11 is 0. The average molecular weight is 280 g/mol. The number of aromatic nitrogens is 2. The summed E-state index contributed by atoms with van der Waals surface area (Å²) in [5, 5.41) is 2.33. The topological polar surface area (TPSA) is 73.1 Å². The van der Waals surface area contributed by atoms with Gasteiger partial charge in [0, 0.05) is 12.4 Å². The molecule has 0 saturated carbocycles. The molecule has 0 aliphatic carbocycles. The molecule has 3 aromatic rings. The van der Waals surface area contributed by atoms with Gasteiger partial charge in [-0.25, -0.2) is 10.4 Å². The SMILES string of the molecule is COc1nccnc1C(NN)c1ccc2ccccc2c1. The van der Waals surface area contributed by atoms with E-state index in [1.54, 1.807) is 19.5 Å². The molecule has 1 heterocycles. The molecular weight excluding hydrogens is 264 g/mol. The van der Waals surface area contributed by atoms with E-state index in [0.717, 1.165) is 10.9 Å². The lowest BCUT2D eigenvalue weighted by atomic mass is 10.00. The van der Waals surface area contributed by atoms with Gasteiger partial charge in [0.15, 0.2) is 0 Å². The van der Waals surface area contributed by atoms with Gasteiger partial charge in [0.1, 0.15) is 5.69 Å². The zero-order valence-electron chi connectivity index (χ0n) is 11.7. The Bertz CT molecular complexity index is 760. The molecule has 0 saturated heterocycles. The van der Waals surface area contributed by atoms with Crippen molar-refractivity contribution in [1.82, 2.24) is 15.4 Å². The van der Waals surface area contributed by atoms with E-state index in [4.69, 9.17) is 10.6 Å². The van der Waals surface area contributed by atoms with Crippen molar-refractivity contribution in [2.45, 2.75) is 6.04 Å². The second-order valence-electron chi connectivity index (χ2n) is 4.66. The molecule has 0 radical (unpaired) electrons. The van der Waals surface area contributed by atoms with Crippen LogP contribution in [-0.4, -0.2) is 17.1 Å². The smallest absolute Gasteiger partial charge is 0.237 e. The number of nitrogens with two attached hydrogens (primary N) is 1. The molecule has 21 heavy (non-hydrogen) atoms. The number of nitrogens with one attached hydrogen (secondary N) is 1. The third-order valence-corrected chi connectivity index (χ3v) is 3.43. The van der Waals surface area contributed by atoms with Crippen LogP contribution in [0.2, 0.25) is 0 Å². The summed E-state index contributed by atoms with van der Waals surface area (Å²) in [5.41, 5.74) is 4.47. The Morgan fingerprint density at radius 2 is 1.81 bits per heavy atom. The fourth-order valence-corrected chi connectivity index (χ4v) is 2.41. The number of nitrogens with zero attached hydrogens (tertiary/aromatic N) is 2. The first-order valence-electron chi connectivity index (χ1n) is 6.63. The zero-order valence-corrected chi connectivity index (χ0v) is 11.7. The van der Waals surface area contributed by atoms with Gasteiger partial charge < -0.3 is 4.74 Å². The van der Waals surface area contributed by atoms with E-state index < -0.39 is 0 Å². The minimum Gasteiger partial charge on any atom is -0.480 e. The zero-order chi connectivity index (χ0) is 14.7. The Balaban J connectivity index is 2.09. The van der Waals surface area contributed by atoms with Crippen LogP contribution in [0.3, 0.4) is 0 Å². The van der Waals surface area contributed by atoms with Crippen molar-refractivity contribution in [1.29, 1.82) is 0 Å². The minimum absolute atomic E-state index is 0.279. The highest BCUT2D eigenvalue weighted by molar-refractivity contribution is 5.83. The third kappa shape index (κ3) is 2.56. The predicted octanol–water partition coefficient (Wildman–Crippen LogP) is 2.19. The Kier molecular flexibility index (Phi) is 3.77. The number of fused-ring (bicyclic) bond motifs is 1. The van der Waals surface area contributed by atoms with Gasteiger partial charge in [0.25, 0.3) is 0 Å². The normalized spacial score (nSPS) is 12.3. The number of methoxy groups -OCH3 is 1. The quantitative estimate of drug-likeness (QED) is 0.566. The van der Waals surface area contributed by atoms with Crippen LogP contribution in [0.5, 0.6) is 5.88 Å². The molecule has 0 aliphatic heterocycles. The van der Waals surface area contributed by atoms with Gasteiger partial charge >= 0.3 is 0 Å². The Hall–Kier alpha value is -2.50. The van der Waals surface area contributed by atoms with Gasteiger partial charge in [0.05, 0.1) is 13.2 Å². The number of hydrazine groups is 1. The van der Waals surface area contributed by atoms with Gasteiger partial charge in [-0.05, 0) is 22.4 Å². The van der Waals surface area contributed by atoms with Gasteiger partial charge in [-0.3, -0.25) is 10.8 Å². The summed E-state index contributed by atoms with van der Waals surface area (Å²) in [6.07, 6.45) is 3.22. The number of benzene rings is 2. The fraction of sp³-hybridized carbons (Fsp3) is 0.125. The van der Waals surface area contributed by atoms with Crippen molar-refractivity contribution < 1.29 is 4.74 Å². The second-order valence-corrected chi connectivity index (χ2v) is 4.66. The third-order valence-electron chi connectivity index (χ3n) is 3.43. The van der Waals surface area contributed by atoms with Crippen LogP contribution in [0.4, 0.5) is 0 Å². The molecule has 3 rings (SSSR count). The van der Waals surface area contributed by atoms with E-state index in [1.165, 1.54) is 5.39 Å². The van der Waals surface area contributed by atoms with Crippen LogP contribution in [0.25, 0.3) is 10.8 Å². The van der Waals surface area contributed by atoms with Crippen LogP contribution in [-0.2, 0) is 0 Å². The van der Waals surface area contributed by atoms with E-state index in [0.29, 0.717) is 11.6 Å². The van der Waals surface area contributed by atoms with Crippen molar-refractivity contribution in [2.75, 3.05) is 7.11 Å². The minimum atomic E-state index is -0.279. The van der Waals surface area contributed by atoms with Crippen LogP contribution >= 0.6 is 0 Å². The molecule has 0 spiro atoms. The number of hydrogen-bond acceptors (Lipinski definition) is 5. The lowest BCUT2D eigenvalue weighted by Crippen LogP contribution is -2.30. The molecule has 1 aromatic heterocycles. The average Bonchev–Trinajstić information content (AvgIpc) is 2.56. The maximum absolute atomic E-state index is 5.73. The van der Waals surface area contributed by atoms with Crippen LogP contribution in [0.1, 0.15) is 17.3 Å². The summed E-state index contributed by atoms with van der Waals surface area (Å²) in [4.78, 5) is 8.52. The Labute approximate surface area is 122 Å². The maximum Gasteiger partial charge on any atom is 0.237 e. The van der Waals surface area contributed by atoms with Crippen molar-refractivity contribution in [2.24, 2.45) is 5.84 Å². The molecule has 0 aliphatic rings. The lowest BCUT2D eigenvalue weighted by Gasteiger charge is -2.18. The largest absolute Gasteiger partial charge is 0.480 e. The number of hydrogen-bond donors (Lipinski definition) is 2. The summed E-state index contributed by atoms with van der Waals surface area (Å²) in [6, 6.07) is 14.1. The molecule has 106 valence electrons. The van der Waals surface area contributed by atoms with Gasteiger partial charge in [-0.2, -0.15) is 0 Å². The first-order chi connectivity index (χ1) is 10.3. The van der Waals surface area contributed by atoms with E-state index in [2.05, 4.69) is 39.7 Å². The molecule has 0 bridgehead atoms. The van der Waals surface area contributed by atoms with Crippen LogP contribution in [0.15, 0.2) is 54.9 Å². The number of ether oxygens (including phenoxy) is 1. The van der Waals surface area contributed by atoms with E-state index in [9.17, 15) is 0 Å². The molecule has 5 heteroatoms. The molecule has 0 fully saturated rings. The highest BCUT2D eigenvalue weighted by Crippen LogP contribution is 2.27. The van der Waals surface area contributed by atoms with Crippen molar-refractivity contribution in [3.8, 4) is 5.88 Å². The molecule has 2 aromatic carbocycles. The van der Waals surface area contributed by atoms with Crippen LogP contribution < -0.4 is 16.0 Å². The van der Waals surface area contributed by atoms with Crippen molar-refractivity contribution in [3.63, 3.8) is 0 Å². The van der Waals surface area contributed by atoms with Crippen molar-refractivity contribution >= 4 is 10.8 Å². The predicted molar refractivity (Wildman–Crippen MR) is 81.7 cm³/mol. The second kappa shape index (κ2) is 5.87. The fourth-order valence-electron chi connectivity index (χ4n) is 2.41. The Morgan fingerprint density at radius 1 is 1.05 bits per heavy atom. The summed E-state index contributed by atoms with van der Waals surface area (Å²) < 4.78 is 5.27. The highest BCUT2D eigenvalue weighted by atomic mass is 16.5. The lowest BCUT2D eigenvalue weighted by molar-refractivity contribution is 0.383. The summed E-state index contributed by atoms with van der Waals surface area (Å²) in [5.74, 6) is 6.20. The van der Waals surface area contributed by atoms with E-state index in [1.807, 2.05) is 18.2 Å². The standard InChI is InChI=1S/C16H16N4O/c1-21-16-15(18-8-9-19-16)14(20-17)13-7-6-11-4-2-3-5-12(11)10-13/h2-10,14,20H,17H2,1H3. The van der Waals surface area contributed by atoms with Gasteiger partial charge in [0.2, 0.25) is 5.88 Å². The molecule has 3 N–H and O–H groups in total. The molecule has 5 nitrogen and oxygen atoms in total. The highest BCUT2D eigenvalue weighted by Gasteiger charge is 2.19. The van der Waals surface area contributed by atoms with E-state index >= 15 is 0 Å². The van der Waals surface area contributed by atoms with Gasteiger partial charge in [-0.15, -0.1) is 0 Å². The van der Waals surface area contributed by atoms with Crippen molar-refractivity contribution in [3.05, 3.63) is 66.1 Å². The summed E-state index contributed by atoms with van der Waals surface area (Å²) in [7, 11) is 1.57. The molecule has 0 amide bonds. The Morgan fingerprint density at radius 3 is 2.57 bits per heavy atom. The first-order valence-corrected chi connectivity index (χ1v) is 6.63. The number of rotatable bonds is 4. The van der Waals surface area contributed by atoms with E-state index in [-0.39, 0.29) is 6.04 Å². The first kappa shape index (κ1) is 13.5. The maximum atomic E-state index is 5.73. The van der Waals surface area contributed by atoms with Crippen LogP contribution in [0, 0.1) is 0 Å². The monoisotopic (exact) mass is 280 g/mol. The molecule has 1 atom stereocenters.